The molecule has 5 aromatic carbocycles. The van der Waals surface area contributed by atoms with E-state index in [-0.39, 0.29) is 17.3 Å². The summed E-state index contributed by atoms with van der Waals surface area (Å²) in [4.78, 5) is 15.3. The van der Waals surface area contributed by atoms with Crippen LogP contribution in [0.4, 0.5) is 0 Å². The van der Waals surface area contributed by atoms with Crippen molar-refractivity contribution >= 4 is 0 Å². The molecule has 3 nitrogen and oxygen atoms in total. The summed E-state index contributed by atoms with van der Waals surface area (Å²) in [5.74, 6) is 2.50. The van der Waals surface area contributed by atoms with Crippen molar-refractivity contribution in [2.75, 3.05) is 0 Å². The fourth-order valence-corrected chi connectivity index (χ4v) is 7.79. The van der Waals surface area contributed by atoms with Crippen LogP contribution in [0.25, 0.3) is 45.3 Å². The van der Waals surface area contributed by atoms with Gasteiger partial charge in [-0.25, -0.2) is 15.0 Å². The van der Waals surface area contributed by atoms with Gasteiger partial charge in [0.25, 0.3) is 0 Å². The Bertz CT molecular complexity index is 1990. The molecule has 0 N–H and O–H groups in total. The van der Waals surface area contributed by atoms with Crippen molar-refractivity contribution in [2.24, 2.45) is 5.92 Å². The number of aromatic nitrogens is 3. The maximum Gasteiger partial charge on any atom is 0.164 e. The number of benzene rings is 5. The summed E-state index contributed by atoms with van der Waals surface area (Å²) < 4.78 is 0. The van der Waals surface area contributed by atoms with Crippen LogP contribution in [0.3, 0.4) is 0 Å². The number of fused-ring (bicyclic) bond motifs is 10. The van der Waals surface area contributed by atoms with E-state index in [4.69, 9.17) is 15.0 Å². The second-order valence-electron chi connectivity index (χ2n) is 11.5. The molecule has 1 spiro atoms. The van der Waals surface area contributed by atoms with Gasteiger partial charge in [0.1, 0.15) is 0 Å². The van der Waals surface area contributed by atoms with Crippen LogP contribution >= 0.6 is 0 Å². The minimum atomic E-state index is -0.290. The average Bonchev–Trinajstić information content (AvgIpc) is 3.56. The first-order valence-corrected chi connectivity index (χ1v) is 14.9. The van der Waals surface area contributed by atoms with Crippen molar-refractivity contribution in [3.05, 3.63) is 174 Å². The third-order valence-electron chi connectivity index (χ3n) is 9.43. The molecule has 0 fully saturated rings. The van der Waals surface area contributed by atoms with Crippen molar-refractivity contribution in [3.63, 3.8) is 0 Å². The summed E-state index contributed by atoms with van der Waals surface area (Å²) in [5.41, 5.74) is 10.8. The predicted molar refractivity (Wildman–Crippen MR) is 172 cm³/mol. The molecule has 6 aromatic rings. The standard InChI is InChI=1S/C40H27N3/c1-3-14-26(15-4-1)37-41-38(27-16-5-2-6-17-27)43-39(42-37)31-21-13-25-35-36(31)30-20-9-12-24-34(30)40(35)32-22-10-7-18-28(32)29-19-8-11-23-33(29)40/h1-25,30,34H. The maximum atomic E-state index is 5.15. The molecule has 0 saturated carbocycles. The minimum absolute atomic E-state index is 0.188. The van der Waals surface area contributed by atoms with Crippen molar-refractivity contribution in [3.8, 4) is 45.3 Å². The number of hydrogen-bond donors (Lipinski definition) is 0. The minimum Gasteiger partial charge on any atom is -0.208 e. The molecule has 3 aliphatic rings. The van der Waals surface area contributed by atoms with E-state index < -0.39 is 0 Å². The quantitative estimate of drug-likeness (QED) is 0.221. The van der Waals surface area contributed by atoms with Crippen molar-refractivity contribution < 1.29 is 0 Å². The van der Waals surface area contributed by atoms with Crippen LogP contribution in [0.5, 0.6) is 0 Å². The van der Waals surface area contributed by atoms with Crippen LogP contribution in [0.2, 0.25) is 0 Å². The molecule has 9 rings (SSSR count). The lowest BCUT2D eigenvalue weighted by molar-refractivity contribution is 0.465. The summed E-state index contributed by atoms with van der Waals surface area (Å²) in [7, 11) is 0. The predicted octanol–water partition coefficient (Wildman–Crippen LogP) is 9.03. The van der Waals surface area contributed by atoms with Crippen molar-refractivity contribution in [1.82, 2.24) is 15.0 Å². The van der Waals surface area contributed by atoms with Gasteiger partial charge in [-0.2, -0.15) is 0 Å². The Morgan fingerprint density at radius 3 is 1.53 bits per heavy atom. The summed E-state index contributed by atoms with van der Waals surface area (Å²) >= 11 is 0. The Morgan fingerprint density at radius 1 is 0.419 bits per heavy atom. The topological polar surface area (TPSA) is 38.7 Å². The Hall–Kier alpha value is -5.41. The highest BCUT2D eigenvalue weighted by Gasteiger charge is 2.57. The van der Waals surface area contributed by atoms with Crippen LogP contribution in [0.15, 0.2) is 152 Å². The molecule has 1 aromatic heterocycles. The molecule has 2 unspecified atom stereocenters. The lowest BCUT2D eigenvalue weighted by atomic mass is 9.65. The summed E-state index contributed by atoms with van der Waals surface area (Å²) in [5, 5.41) is 0. The molecule has 0 amide bonds. The van der Waals surface area contributed by atoms with E-state index in [1.807, 2.05) is 36.4 Å². The van der Waals surface area contributed by atoms with Crippen LogP contribution in [0, 0.1) is 5.92 Å². The Labute approximate surface area is 251 Å². The van der Waals surface area contributed by atoms with Gasteiger partial charge in [-0.3, -0.25) is 0 Å². The Kier molecular flexibility index (Phi) is 5.24. The van der Waals surface area contributed by atoms with Crippen LogP contribution in [-0.2, 0) is 5.41 Å². The lowest BCUT2D eigenvalue weighted by Crippen LogP contribution is -2.32. The van der Waals surface area contributed by atoms with E-state index >= 15 is 0 Å². The van der Waals surface area contributed by atoms with Gasteiger partial charge in [0.2, 0.25) is 0 Å². The van der Waals surface area contributed by atoms with Crippen molar-refractivity contribution in [2.45, 2.75) is 11.3 Å². The van der Waals surface area contributed by atoms with Crippen LogP contribution in [0.1, 0.15) is 28.2 Å². The molecule has 0 aliphatic heterocycles. The molecule has 43 heavy (non-hydrogen) atoms. The van der Waals surface area contributed by atoms with Crippen molar-refractivity contribution in [1.29, 1.82) is 0 Å². The highest BCUT2D eigenvalue weighted by molar-refractivity contribution is 5.87. The van der Waals surface area contributed by atoms with Gasteiger partial charge in [-0.15, -0.1) is 0 Å². The molecule has 3 heteroatoms. The van der Waals surface area contributed by atoms with Crippen LogP contribution in [-0.4, -0.2) is 15.0 Å². The fraction of sp³-hybridized carbons (Fsp3) is 0.0750. The monoisotopic (exact) mass is 549 g/mol. The molecule has 202 valence electrons. The van der Waals surface area contributed by atoms with Gasteiger partial charge in [0.15, 0.2) is 17.5 Å². The average molecular weight is 550 g/mol. The van der Waals surface area contributed by atoms with Gasteiger partial charge in [-0.05, 0) is 33.4 Å². The molecular formula is C40H27N3. The molecule has 0 saturated heterocycles. The first-order valence-electron chi connectivity index (χ1n) is 14.9. The molecule has 2 atom stereocenters. The number of nitrogens with zero attached hydrogens (tertiary/aromatic N) is 3. The third-order valence-corrected chi connectivity index (χ3v) is 9.43. The largest absolute Gasteiger partial charge is 0.208 e. The molecule has 0 bridgehead atoms. The van der Waals surface area contributed by atoms with E-state index in [0.29, 0.717) is 17.5 Å². The number of rotatable bonds is 3. The number of allylic oxidation sites excluding steroid dienone is 4. The van der Waals surface area contributed by atoms with E-state index in [1.54, 1.807) is 0 Å². The molecular weight excluding hydrogens is 522 g/mol. The highest BCUT2D eigenvalue weighted by Crippen LogP contribution is 2.66. The first kappa shape index (κ1) is 24.2. The smallest absolute Gasteiger partial charge is 0.164 e. The highest BCUT2D eigenvalue weighted by atomic mass is 15.0. The van der Waals surface area contributed by atoms with Gasteiger partial charge in [-0.1, -0.05) is 152 Å². The van der Waals surface area contributed by atoms with Crippen LogP contribution < -0.4 is 0 Å². The van der Waals surface area contributed by atoms with Gasteiger partial charge in [0.05, 0.1) is 5.41 Å². The first-order chi connectivity index (χ1) is 21.3. The van der Waals surface area contributed by atoms with Gasteiger partial charge < -0.3 is 0 Å². The van der Waals surface area contributed by atoms with E-state index in [2.05, 4.69) is 115 Å². The zero-order valence-electron chi connectivity index (χ0n) is 23.4. The summed E-state index contributed by atoms with van der Waals surface area (Å²) in [6.07, 6.45) is 9.22. The molecule has 3 aliphatic carbocycles. The third kappa shape index (κ3) is 3.39. The summed E-state index contributed by atoms with van der Waals surface area (Å²) in [6.45, 7) is 0. The molecule has 1 heterocycles. The van der Waals surface area contributed by atoms with E-state index in [1.165, 1.54) is 33.4 Å². The Balaban J connectivity index is 1.34. The normalized spacial score (nSPS) is 18.2. The van der Waals surface area contributed by atoms with E-state index in [0.717, 1.165) is 16.7 Å². The summed E-state index contributed by atoms with van der Waals surface area (Å²) in [6, 6.07) is 45.1. The van der Waals surface area contributed by atoms with Gasteiger partial charge >= 0.3 is 0 Å². The SMILES string of the molecule is C1=CC2c3c(-c4nc(-c5ccccc5)nc(-c5ccccc5)n4)cccc3C3(c4ccccc4-c4ccccc43)C2C=C1. The zero-order valence-corrected chi connectivity index (χ0v) is 23.4. The lowest BCUT2D eigenvalue weighted by Gasteiger charge is -2.36. The van der Waals surface area contributed by atoms with E-state index in [9.17, 15) is 0 Å². The maximum absolute atomic E-state index is 5.15. The second kappa shape index (κ2) is 9.30. The zero-order chi connectivity index (χ0) is 28.4. The molecule has 0 radical (unpaired) electrons. The Morgan fingerprint density at radius 2 is 0.907 bits per heavy atom. The second-order valence-corrected chi connectivity index (χ2v) is 11.5. The van der Waals surface area contributed by atoms with Gasteiger partial charge in [0, 0.05) is 28.5 Å². The fourth-order valence-electron chi connectivity index (χ4n) is 7.79. The number of hydrogen-bond acceptors (Lipinski definition) is 3.